The van der Waals surface area contributed by atoms with Crippen LogP contribution in [-0.2, 0) is 4.79 Å². The summed E-state index contributed by atoms with van der Waals surface area (Å²) in [6.45, 7) is 1.78. The molecule has 0 aliphatic rings. The van der Waals surface area contributed by atoms with E-state index in [9.17, 15) is 14.9 Å². The Morgan fingerprint density at radius 2 is 1.80 bits per heavy atom. The fourth-order valence-corrected chi connectivity index (χ4v) is 2.65. The van der Waals surface area contributed by atoms with E-state index >= 15 is 0 Å². The molecule has 0 aliphatic carbocycles. The maximum Gasteiger partial charge on any atom is 0.293 e. The number of nitro benzene ring substituents is 1. The molecular formula is C19H17N3O3. The predicted octanol–water partition coefficient (Wildman–Crippen LogP) is 4.11. The van der Waals surface area contributed by atoms with Crippen molar-refractivity contribution >= 4 is 33.7 Å². The highest BCUT2D eigenvalue weighted by molar-refractivity contribution is 5.98. The largest absolute Gasteiger partial charge is 0.376 e. The van der Waals surface area contributed by atoms with Crippen LogP contribution < -0.4 is 10.6 Å². The zero-order valence-corrected chi connectivity index (χ0v) is 13.7. The van der Waals surface area contributed by atoms with Gasteiger partial charge in [-0.25, -0.2) is 0 Å². The van der Waals surface area contributed by atoms with E-state index in [1.807, 2.05) is 42.5 Å². The lowest BCUT2D eigenvalue weighted by atomic mass is 10.1. The van der Waals surface area contributed by atoms with Crippen LogP contribution in [0.1, 0.15) is 5.56 Å². The number of nitrogens with one attached hydrogen (secondary N) is 2. The van der Waals surface area contributed by atoms with Gasteiger partial charge in [-0.15, -0.1) is 0 Å². The van der Waals surface area contributed by atoms with E-state index in [1.54, 1.807) is 19.1 Å². The summed E-state index contributed by atoms with van der Waals surface area (Å²) >= 11 is 0. The van der Waals surface area contributed by atoms with Crippen molar-refractivity contribution < 1.29 is 9.72 Å². The van der Waals surface area contributed by atoms with Crippen molar-refractivity contribution in [1.82, 2.24) is 0 Å². The summed E-state index contributed by atoms with van der Waals surface area (Å²) < 4.78 is 0. The Morgan fingerprint density at radius 1 is 1.04 bits per heavy atom. The van der Waals surface area contributed by atoms with Crippen LogP contribution in [0.2, 0.25) is 0 Å². The van der Waals surface area contributed by atoms with Gasteiger partial charge in [-0.2, -0.15) is 0 Å². The molecule has 2 N–H and O–H groups in total. The van der Waals surface area contributed by atoms with Gasteiger partial charge in [-0.05, 0) is 30.0 Å². The lowest BCUT2D eigenvalue weighted by Crippen LogP contribution is -2.22. The van der Waals surface area contributed by atoms with E-state index < -0.39 is 4.92 Å². The summed E-state index contributed by atoms with van der Waals surface area (Å²) in [5.41, 5.74) is 1.68. The topological polar surface area (TPSA) is 84.3 Å². The average molecular weight is 335 g/mol. The zero-order chi connectivity index (χ0) is 17.8. The smallest absolute Gasteiger partial charge is 0.293 e. The number of carbonyl (C=O) groups is 1. The van der Waals surface area contributed by atoms with Gasteiger partial charge in [0.05, 0.1) is 11.5 Å². The van der Waals surface area contributed by atoms with E-state index in [0.29, 0.717) is 0 Å². The Balaban J connectivity index is 1.72. The van der Waals surface area contributed by atoms with Crippen molar-refractivity contribution in [2.75, 3.05) is 17.2 Å². The fourth-order valence-electron chi connectivity index (χ4n) is 2.65. The summed E-state index contributed by atoms with van der Waals surface area (Å²) in [6, 6.07) is 18.4. The molecule has 25 heavy (non-hydrogen) atoms. The van der Waals surface area contributed by atoms with Gasteiger partial charge in [0.25, 0.3) is 5.69 Å². The Morgan fingerprint density at radius 3 is 2.60 bits per heavy atom. The summed E-state index contributed by atoms with van der Waals surface area (Å²) in [7, 11) is 0. The number of hydrogen-bond acceptors (Lipinski definition) is 4. The van der Waals surface area contributed by atoms with Crippen LogP contribution >= 0.6 is 0 Å². The van der Waals surface area contributed by atoms with Gasteiger partial charge >= 0.3 is 0 Å². The van der Waals surface area contributed by atoms with Crippen molar-refractivity contribution in [3.8, 4) is 0 Å². The quantitative estimate of drug-likeness (QED) is 0.543. The van der Waals surface area contributed by atoms with Gasteiger partial charge in [0, 0.05) is 17.1 Å². The van der Waals surface area contributed by atoms with E-state index in [4.69, 9.17) is 0 Å². The van der Waals surface area contributed by atoms with Crippen LogP contribution in [0.15, 0.2) is 60.7 Å². The Kier molecular flexibility index (Phi) is 4.61. The van der Waals surface area contributed by atoms with Crippen molar-refractivity contribution in [2.24, 2.45) is 0 Å². The number of fused-ring (bicyclic) bond motifs is 1. The van der Waals surface area contributed by atoms with Gasteiger partial charge in [0.15, 0.2) is 0 Å². The van der Waals surface area contributed by atoms with Crippen LogP contribution in [0.3, 0.4) is 0 Å². The van der Waals surface area contributed by atoms with Crippen LogP contribution in [0.5, 0.6) is 0 Å². The molecule has 0 spiro atoms. The molecule has 3 aromatic carbocycles. The van der Waals surface area contributed by atoms with E-state index in [-0.39, 0.29) is 23.8 Å². The Labute approximate surface area is 144 Å². The average Bonchev–Trinajstić information content (AvgIpc) is 2.61. The molecule has 6 heteroatoms. The zero-order valence-electron chi connectivity index (χ0n) is 13.7. The molecular weight excluding hydrogens is 318 g/mol. The monoisotopic (exact) mass is 335 g/mol. The summed E-state index contributed by atoms with van der Waals surface area (Å²) in [5, 5.41) is 18.9. The third kappa shape index (κ3) is 3.74. The number of nitrogens with zero attached hydrogens (tertiary/aromatic N) is 1. The van der Waals surface area contributed by atoms with Crippen molar-refractivity contribution in [3.63, 3.8) is 0 Å². The third-order valence-electron chi connectivity index (χ3n) is 3.85. The highest BCUT2D eigenvalue weighted by Gasteiger charge is 2.15. The summed E-state index contributed by atoms with van der Waals surface area (Å²) in [4.78, 5) is 22.8. The highest BCUT2D eigenvalue weighted by atomic mass is 16.6. The normalized spacial score (nSPS) is 10.4. The van der Waals surface area contributed by atoms with Crippen LogP contribution in [0, 0.1) is 17.0 Å². The maximum atomic E-state index is 12.2. The lowest BCUT2D eigenvalue weighted by molar-refractivity contribution is -0.384. The molecule has 0 fully saturated rings. The first-order valence-electron chi connectivity index (χ1n) is 7.81. The molecule has 0 saturated heterocycles. The van der Waals surface area contributed by atoms with Gasteiger partial charge in [0.1, 0.15) is 5.69 Å². The molecule has 3 rings (SSSR count). The van der Waals surface area contributed by atoms with Crippen LogP contribution in [-0.4, -0.2) is 17.4 Å². The standard InChI is InChI=1S/C19H17N3O3/c1-13-9-10-17(18(11-13)22(24)25)21-19(23)12-20-16-8-4-6-14-5-2-3-7-15(14)16/h2-11,20H,12H2,1H3,(H,21,23). The molecule has 0 saturated carbocycles. The lowest BCUT2D eigenvalue weighted by Gasteiger charge is -2.10. The number of hydrogen-bond donors (Lipinski definition) is 2. The molecule has 0 unspecified atom stereocenters. The molecule has 1 amide bonds. The fraction of sp³-hybridized carbons (Fsp3) is 0.105. The van der Waals surface area contributed by atoms with Gasteiger partial charge in [0.2, 0.25) is 5.91 Å². The van der Waals surface area contributed by atoms with Gasteiger partial charge in [-0.1, -0.05) is 42.5 Å². The minimum Gasteiger partial charge on any atom is -0.376 e. The van der Waals surface area contributed by atoms with E-state index in [1.165, 1.54) is 6.07 Å². The van der Waals surface area contributed by atoms with Crippen molar-refractivity contribution in [2.45, 2.75) is 6.92 Å². The summed E-state index contributed by atoms with van der Waals surface area (Å²) in [6.07, 6.45) is 0. The molecule has 0 heterocycles. The van der Waals surface area contributed by atoms with Gasteiger partial charge in [-0.3, -0.25) is 14.9 Å². The van der Waals surface area contributed by atoms with Crippen molar-refractivity contribution in [1.29, 1.82) is 0 Å². The maximum absolute atomic E-state index is 12.2. The Hall–Kier alpha value is -3.41. The van der Waals surface area contributed by atoms with Gasteiger partial charge < -0.3 is 10.6 Å². The summed E-state index contributed by atoms with van der Waals surface area (Å²) in [5.74, 6) is -0.347. The minimum absolute atomic E-state index is 0.0129. The number of aryl methyl sites for hydroxylation is 1. The second kappa shape index (κ2) is 7.00. The third-order valence-corrected chi connectivity index (χ3v) is 3.85. The molecule has 3 aromatic rings. The molecule has 126 valence electrons. The molecule has 0 aromatic heterocycles. The predicted molar refractivity (Wildman–Crippen MR) is 98.9 cm³/mol. The molecule has 0 aliphatic heterocycles. The minimum atomic E-state index is -0.499. The molecule has 6 nitrogen and oxygen atoms in total. The number of anilines is 2. The molecule has 0 radical (unpaired) electrons. The van der Waals surface area contributed by atoms with E-state index in [2.05, 4.69) is 10.6 Å². The first-order valence-corrected chi connectivity index (χ1v) is 7.81. The molecule has 0 bridgehead atoms. The highest BCUT2D eigenvalue weighted by Crippen LogP contribution is 2.26. The Bertz CT molecular complexity index is 948. The molecule has 0 atom stereocenters. The number of amides is 1. The SMILES string of the molecule is Cc1ccc(NC(=O)CNc2cccc3ccccc23)c([N+](=O)[O-])c1. The first kappa shape index (κ1) is 16.4. The number of carbonyl (C=O) groups excluding carboxylic acids is 1. The number of nitro groups is 1. The second-order valence-electron chi connectivity index (χ2n) is 5.71. The van der Waals surface area contributed by atoms with Crippen molar-refractivity contribution in [3.05, 3.63) is 76.3 Å². The van der Waals surface area contributed by atoms with E-state index in [0.717, 1.165) is 22.0 Å². The second-order valence-corrected chi connectivity index (χ2v) is 5.71. The first-order chi connectivity index (χ1) is 12.0. The number of benzene rings is 3. The number of rotatable bonds is 5. The van der Waals surface area contributed by atoms with Crippen LogP contribution in [0.4, 0.5) is 17.1 Å². The van der Waals surface area contributed by atoms with Crippen LogP contribution in [0.25, 0.3) is 10.8 Å².